The van der Waals surface area contributed by atoms with E-state index in [0.717, 1.165) is 30.8 Å². The largest absolute Gasteiger partial charge is 0.349 e. The lowest BCUT2D eigenvalue weighted by molar-refractivity contribution is -0.125. The number of carbonyl (C=O) groups excluding carboxylic acids is 2. The Morgan fingerprint density at radius 2 is 2.14 bits per heavy atom. The molecule has 1 aromatic carbocycles. The summed E-state index contributed by atoms with van der Waals surface area (Å²) in [5.74, 6) is 0.0549. The second-order valence-corrected chi connectivity index (χ2v) is 5.23. The molecule has 2 atom stereocenters. The van der Waals surface area contributed by atoms with Crippen LogP contribution < -0.4 is 16.0 Å². The fourth-order valence-corrected chi connectivity index (χ4v) is 2.38. The second-order valence-electron chi connectivity index (χ2n) is 5.23. The van der Waals surface area contributed by atoms with Crippen LogP contribution in [0.5, 0.6) is 0 Å². The Bertz CT molecular complexity index is 501. The van der Waals surface area contributed by atoms with Crippen molar-refractivity contribution in [3.05, 3.63) is 29.8 Å². The molecule has 1 saturated heterocycles. The first-order valence-corrected chi connectivity index (χ1v) is 6.95. The molecule has 1 aromatic rings. The molecule has 1 heterocycles. The lowest BCUT2D eigenvalue weighted by Crippen LogP contribution is -2.33. The van der Waals surface area contributed by atoms with Crippen LogP contribution in [0.4, 0.5) is 5.69 Å². The third kappa shape index (κ3) is 5.02. The highest BCUT2D eigenvalue weighted by Gasteiger charge is 2.23. The summed E-state index contributed by atoms with van der Waals surface area (Å²) in [4.78, 5) is 23.1. The Balaban J connectivity index is 0.00000220. The summed E-state index contributed by atoms with van der Waals surface area (Å²) in [7, 11) is 0. The number of benzene rings is 1. The number of carbonyl (C=O) groups is 2. The molecule has 0 bridgehead atoms. The van der Waals surface area contributed by atoms with E-state index < -0.39 is 0 Å². The SMILES string of the molecule is CC(=O)Nc1cccc(C(C)NC(=O)C2CCNC2)c1.Cl. The van der Waals surface area contributed by atoms with Crippen molar-refractivity contribution in [1.82, 2.24) is 10.6 Å². The summed E-state index contributed by atoms with van der Waals surface area (Å²) in [6.07, 6.45) is 0.893. The summed E-state index contributed by atoms with van der Waals surface area (Å²) >= 11 is 0. The number of hydrogen-bond acceptors (Lipinski definition) is 3. The van der Waals surface area contributed by atoms with E-state index in [9.17, 15) is 9.59 Å². The standard InChI is InChI=1S/C15H21N3O2.ClH/c1-10(17-15(20)13-6-7-16-9-13)12-4-3-5-14(8-12)18-11(2)19;/h3-5,8,10,13,16H,6-7,9H2,1-2H3,(H,17,20)(H,18,19);1H. The van der Waals surface area contributed by atoms with Crippen molar-refractivity contribution < 1.29 is 9.59 Å². The number of halogens is 1. The van der Waals surface area contributed by atoms with Crippen molar-refractivity contribution in [2.45, 2.75) is 26.3 Å². The predicted molar refractivity (Wildman–Crippen MR) is 85.5 cm³/mol. The van der Waals surface area contributed by atoms with Crippen LogP contribution in [0.2, 0.25) is 0 Å². The Labute approximate surface area is 131 Å². The molecule has 5 nitrogen and oxygen atoms in total. The summed E-state index contributed by atoms with van der Waals surface area (Å²) in [5.41, 5.74) is 1.73. The number of hydrogen-bond donors (Lipinski definition) is 3. The van der Waals surface area contributed by atoms with Gasteiger partial charge in [-0.1, -0.05) is 12.1 Å². The first-order valence-electron chi connectivity index (χ1n) is 6.95. The monoisotopic (exact) mass is 311 g/mol. The van der Waals surface area contributed by atoms with Crippen LogP contribution in [0.25, 0.3) is 0 Å². The van der Waals surface area contributed by atoms with Crippen molar-refractivity contribution in [2.75, 3.05) is 18.4 Å². The average Bonchev–Trinajstić information content (AvgIpc) is 2.92. The molecule has 2 unspecified atom stereocenters. The average molecular weight is 312 g/mol. The highest BCUT2D eigenvalue weighted by atomic mass is 35.5. The maximum Gasteiger partial charge on any atom is 0.224 e. The van der Waals surface area contributed by atoms with E-state index in [1.807, 2.05) is 31.2 Å². The lowest BCUT2D eigenvalue weighted by Gasteiger charge is -2.18. The van der Waals surface area contributed by atoms with E-state index in [2.05, 4.69) is 16.0 Å². The predicted octanol–water partition coefficient (Wildman–Crippen LogP) is 1.85. The molecule has 21 heavy (non-hydrogen) atoms. The minimum Gasteiger partial charge on any atom is -0.349 e. The number of amides is 2. The van der Waals surface area contributed by atoms with Crippen LogP contribution in [-0.4, -0.2) is 24.9 Å². The molecule has 1 aliphatic rings. The van der Waals surface area contributed by atoms with Gasteiger partial charge in [-0.2, -0.15) is 0 Å². The smallest absolute Gasteiger partial charge is 0.224 e. The third-order valence-electron chi connectivity index (χ3n) is 3.50. The molecule has 2 rings (SSSR count). The van der Waals surface area contributed by atoms with Crippen LogP contribution in [0, 0.1) is 5.92 Å². The van der Waals surface area contributed by atoms with E-state index in [4.69, 9.17) is 0 Å². The van der Waals surface area contributed by atoms with E-state index in [1.54, 1.807) is 0 Å². The lowest BCUT2D eigenvalue weighted by atomic mass is 10.0. The third-order valence-corrected chi connectivity index (χ3v) is 3.50. The minimum atomic E-state index is -0.101. The van der Waals surface area contributed by atoms with Crippen molar-refractivity contribution in [1.29, 1.82) is 0 Å². The molecule has 0 aromatic heterocycles. The topological polar surface area (TPSA) is 70.2 Å². The van der Waals surface area contributed by atoms with Crippen LogP contribution in [0.1, 0.15) is 31.9 Å². The van der Waals surface area contributed by atoms with Gasteiger partial charge in [-0.15, -0.1) is 12.4 Å². The fraction of sp³-hybridized carbons (Fsp3) is 0.467. The van der Waals surface area contributed by atoms with Gasteiger partial charge in [0.15, 0.2) is 0 Å². The summed E-state index contributed by atoms with van der Waals surface area (Å²) in [6, 6.07) is 7.47. The number of anilines is 1. The number of nitrogens with one attached hydrogen (secondary N) is 3. The Morgan fingerprint density at radius 1 is 1.38 bits per heavy atom. The molecule has 0 radical (unpaired) electrons. The first-order chi connectivity index (χ1) is 9.56. The van der Waals surface area contributed by atoms with Crippen LogP contribution in [0.3, 0.4) is 0 Å². The van der Waals surface area contributed by atoms with E-state index in [0.29, 0.717) is 0 Å². The van der Waals surface area contributed by atoms with Crippen LogP contribution in [-0.2, 0) is 9.59 Å². The molecule has 0 saturated carbocycles. The Kier molecular flexibility index (Phi) is 6.65. The highest BCUT2D eigenvalue weighted by Crippen LogP contribution is 2.18. The van der Waals surface area contributed by atoms with Crippen molar-refractivity contribution in [3.63, 3.8) is 0 Å². The highest BCUT2D eigenvalue weighted by molar-refractivity contribution is 5.88. The minimum absolute atomic E-state index is 0. The van der Waals surface area contributed by atoms with Gasteiger partial charge in [-0.25, -0.2) is 0 Å². The Hall–Kier alpha value is -1.59. The van der Waals surface area contributed by atoms with E-state index in [-0.39, 0.29) is 36.2 Å². The number of rotatable bonds is 4. The molecule has 116 valence electrons. The zero-order valence-corrected chi connectivity index (χ0v) is 13.1. The van der Waals surface area contributed by atoms with Gasteiger partial charge in [0.25, 0.3) is 0 Å². The molecule has 6 heteroatoms. The summed E-state index contributed by atoms with van der Waals surface area (Å²) in [6.45, 7) is 5.09. The van der Waals surface area contributed by atoms with Crippen molar-refractivity contribution in [3.8, 4) is 0 Å². The fourth-order valence-electron chi connectivity index (χ4n) is 2.38. The maximum atomic E-state index is 12.1. The molecular weight excluding hydrogens is 290 g/mol. The van der Waals surface area contributed by atoms with Crippen molar-refractivity contribution in [2.24, 2.45) is 5.92 Å². The molecule has 1 aliphatic heterocycles. The molecule has 3 N–H and O–H groups in total. The molecule has 2 amide bonds. The van der Waals surface area contributed by atoms with E-state index >= 15 is 0 Å². The van der Waals surface area contributed by atoms with Gasteiger partial charge >= 0.3 is 0 Å². The molecular formula is C15H22ClN3O2. The zero-order valence-electron chi connectivity index (χ0n) is 12.3. The quantitative estimate of drug-likeness (QED) is 0.795. The van der Waals surface area contributed by atoms with Gasteiger partial charge in [0, 0.05) is 19.2 Å². The Morgan fingerprint density at radius 3 is 2.76 bits per heavy atom. The zero-order chi connectivity index (χ0) is 14.5. The van der Waals surface area contributed by atoms with Crippen LogP contribution in [0.15, 0.2) is 24.3 Å². The molecule has 0 spiro atoms. The summed E-state index contributed by atoms with van der Waals surface area (Å²) in [5, 5.41) is 8.96. The van der Waals surface area contributed by atoms with Gasteiger partial charge in [0.1, 0.15) is 0 Å². The molecule has 0 aliphatic carbocycles. The van der Waals surface area contributed by atoms with E-state index in [1.165, 1.54) is 6.92 Å². The van der Waals surface area contributed by atoms with Gasteiger partial charge < -0.3 is 16.0 Å². The normalized spacial score (nSPS) is 18.5. The van der Waals surface area contributed by atoms with Gasteiger partial charge in [-0.05, 0) is 37.6 Å². The second kappa shape index (κ2) is 8.00. The maximum absolute atomic E-state index is 12.1. The van der Waals surface area contributed by atoms with Gasteiger partial charge in [0.05, 0.1) is 12.0 Å². The molecule has 1 fully saturated rings. The van der Waals surface area contributed by atoms with Crippen molar-refractivity contribution >= 4 is 29.9 Å². The van der Waals surface area contributed by atoms with Gasteiger partial charge in [0.2, 0.25) is 11.8 Å². The summed E-state index contributed by atoms with van der Waals surface area (Å²) < 4.78 is 0. The van der Waals surface area contributed by atoms with Gasteiger partial charge in [-0.3, -0.25) is 9.59 Å². The first kappa shape index (κ1) is 17.5. The van der Waals surface area contributed by atoms with Crippen LogP contribution >= 0.6 is 12.4 Å².